The van der Waals surface area contributed by atoms with Crippen molar-refractivity contribution in [2.75, 3.05) is 93.5 Å². The topological polar surface area (TPSA) is 742 Å². The molecule has 30 fully saturated rings. The van der Waals surface area contributed by atoms with Gasteiger partial charge in [0.05, 0.1) is 93.6 Å². The molecular formula is C83H121O47PS7. The number of rotatable bonds is 41. The van der Waals surface area contributed by atoms with Crippen LogP contribution in [-0.4, -0.2) is 492 Å². The van der Waals surface area contributed by atoms with Gasteiger partial charge in [0.25, 0.3) is 0 Å². The average molecular weight is 2130 g/mol. The zero-order valence-corrected chi connectivity index (χ0v) is 80.3. The van der Waals surface area contributed by atoms with Gasteiger partial charge in [-0.1, -0.05) is 67.2 Å². The Morgan fingerprint density at radius 1 is 0.254 bits per heavy atom. The molecule has 55 heteroatoms. The van der Waals surface area contributed by atoms with Crippen LogP contribution >= 0.6 is 89.5 Å². The van der Waals surface area contributed by atoms with E-state index < -0.39 is 346 Å². The quantitative estimate of drug-likeness (QED) is 0.0169. The zero-order valence-electron chi connectivity index (χ0n) is 73.7. The Labute approximate surface area is 819 Å². The minimum atomic E-state index is -3.85. The number of carboxylic acids is 6. The van der Waals surface area contributed by atoms with E-state index in [0.717, 1.165) is 82.3 Å². The number of ether oxygens (including phenoxy) is 17. The number of carbonyl (C=O) groups is 6. The Kier molecular flexibility index (Phi) is 45.4. The van der Waals surface area contributed by atoms with E-state index in [-0.39, 0.29) is 87.0 Å². The first-order valence-corrected chi connectivity index (χ1v) is 54.1. The van der Waals surface area contributed by atoms with Crippen LogP contribution in [-0.2, 0) is 114 Å². The molecule has 40 atom stereocenters. The third kappa shape index (κ3) is 30.7. The highest BCUT2D eigenvalue weighted by Gasteiger charge is 2.61. The zero-order chi connectivity index (χ0) is 100. The molecule has 30 saturated heterocycles. The van der Waals surface area contributed by atoms with Crippen molar-refractivity contribution in [3.05, 3.63) is 73.0 Å². The second-order valence-electron chi connectivity index (χ2n) is 33.6. The van der Waals surface area contributed by atoms with Crippen LogP contribution in [0, 0.1) is 0 Å². The fraction of sp³-hybridized carbons (Fsp3) is 0.759. The van der Waals surface area contributed by atoms with Crippen LogP contribution in [0.25, 0.3) is 0 Å². The van der Waals surface area contributed by atoms with E-state index in [4.69, 9.17) is 80.5 Å². The van der Waals surface area contributed by atoms with E-state index in [0.29, 0.717) is 10.6 Å². The molecule has 0 radical (unpaired) electrons. The van der Waals surface area contributed by atoms with Crippen molar-refractivity contribution in [2.24, 2.45) is 0 Å². The van der Waals surface area contributed by atoms with Crippen molar-refractivity contribution in [1.82, 2.24) is 0 Å². The maximum absolute atomic E-state index is 15.5. The Hall–Kier alpha value is -3.84. The van der Waals surface area contributed by atoms with Crippen molar-refractivity contribution in [3.8, 4) is 0 Å². The lowest BCUT2D eigenvalue weighted by Crippen LogP contribution is -2.69. The van der Waals surface area contributed by atoms with Gasteiger partial charge in [-0.15, -0.1) is 0 Å². The van der Waals surface area contributed by atoms with E-state index in [2.05, 4.69) is 6.58 Å². The molecule has 782 valence electrons. The van der Waals surface area contributed by atoms with Gasteiger partial charge < -0.3 is 203 Å². The molecule has 30 heterocycles. The smallest absolute Gasteiger partial charge is 0.304 e. The number of hydrogen-bond donors (Lipinski definition) is 23. The highest BCUT2D eigenvalue weighted by atomic mass is 32.2. The SMILES string of the molecule is C=C(O)CCSC[C@H]1O[C@@H]2O[C@H]3[C@@H](O)[C@@H](O)[C@@H](O[C@H]4[C@@H](O)[C@@H](O)[C@@H](O[C@H]5[C@@H](O)[C@@H](O)[C@@H](O[C@H]6[C@@H](O)[C@@H](O)[C@@H](O[C@H]7[C@@H](O)[C@@H](O)[C@@H](O[C@H]8[C@@H](O)[C@@H](O)[C@@H](O[C@H]9[C@@H](O)[C@@H](O)[C@@H](O[C@H]1[C@@H](O)[C@H]2O)O[C@@H]9CSCCC(=O)O)O[C@@H]8CSCCC(=O)O)O[C@@H]7CSCCC(=O)O)O[C@@H]6CSCCC(=O)O)O[C@@H]5CSCCC(=O)O)O[C@@H]4COCP(=O)(c1ccccc1)c1ccccc1)O[C@@H]3CSCCC(=O)O. The number of aliphatic carboxylic acids is 6. The van der Waals surface area contributed by atoms with Crippen LogP contribution < -0.4 is 10.6 Å². The van der Waals surface area contributed by atoms with Crippen molar-refractivity contribution in [1.29, 1.82) is 0 Å². The molecule has 30 aliphatic rings. The maximum Gasteiger partial charge on any atom is 0.304 e. The third-order valence-corrected chi connectivity index (χ3v) is 33.8. The average Bonchev–Trinajstić information content (AvgIpc) is 0.769. The molecule has 138 heavy (non-hydrogen) atoms. The number of hydrogen-bond acceptors (Lipinski definition) is 48. The van der Waals surface area contributed by atoms with Gasteiger partial charge >= 0.3 is 35.8 Å². The lowest BCUT2D eigenvalue weighted by Gasteiger charge is -2.51. The Bertz CT molecular complexity index is 3990. The van der Waals surface area contributed by atoms with Gasteiger partial charge in [-0.05, 0) is 0 Å². The van der Waals surface area contributed by atoms with E-state index >= 15 is 4.57 Å². The normalized spacial score (nSPS) is 39.4. The molecule has 0 saturated carbocycles. The largest absolute Gasteiger partial charge is 0.513 e. The number of benzene rings is 2. The van der Waals surface area contributed by atoms with Gasteiger partial charge in [-0.3, -0.25) is 28.8 Å². The Morgan fingerprint density at radius 2 is 0.420 bits per heavy atom. The lowest BCUT2D eigenvalue weighted by atomic mass is 9.95. The van der Waals surface area contributed by atoms with Gasteiger partial charge in [0, 0.05) is 97.6 Å². The predicted molar refractivity (Wildman–Crippen MR) is 486 cm³/mol. The standard InChI is InChI=1S/C83H121O47PS7/c1-35(84)12-19-132-27-39-70-55(100)63(108)78(117-39)126-71-41(29-134-21-14-47(87)88)116-77(61(106)53(71)98)123-68-38(26-114-34-131(113,36-8-4-2-5-9-36)37-10-6-3-7-11-37)115-76(60(105)52(68)97)124-69-40(28-133-20-13-46(85)86)118-79(62(107)54(69)99)127-72-43(31-136-23-16-49(91)92)120-81(65(110)57(72)102)129-74-45(33-138-25-18-51(95)96)122-83(67(112)59(74)104)130-75-44(32-137-24-17-50(93)94)121-82(66(111)58(75)103)128-73-42(30-135-22-15-48(89)90)119-80(125-70)64(109)56(73)101/h2-11,38-45,52-84,97-112H,1,12-34H2,(H,85,86)(H,87,88)(H,89,90)(H,91,92)(H,93,94)(H,95,96)/t38-,39-,40-,41-,42-,43-,44-,45-,52+,53+,54+,55+,56+,57+,58+,59+,60-,61-,62-,63-,64-,65-,66-,67-,68-,69-,70-,71-,72-,73-,74-,75-,76-,77-,78-,79-,80-,81-,82-,83-/m1/s1. The first-order valence-electron chi connectivity index (χ1n) is 44.1. The number of aliphatic hydroxyl groups is 17. The fourth-order valence-corrected chi connectivity index (χ4v) is 25.5. The maximum atomic E-state index is 15.5. The summed E-state index contributed by atoms with van der Waals surface area (Å²) >= 11 is 6.39. The second kappa shape index (κ2) is 54.7. The van der Waals surface area contributed by atoms with Crippen LogP contribution in [0.1, 0.15) is 44.9 Å². The summed E-state index contributed by atoms with van der Waals surface area (Å²) < 4.78 is 124. The molecule has 0 aliphatic carbocycles. The Balaban J connectivity index is 0.985. The fourth-order valence-electron chi connectivity index (χ4n) is 16.3. The summed E-state index contributed by atoms with van der Waals surface area (Å²) in [5.74, 6) is -11.2. The van der Waals surface area contributed by atoms with E-state index in [1.165, 1.54) is 0 Å². The van der Waals surface area contributed by atoms with Crippen molar-refractivity contribution in [2.45, 2.75) is 291 Å². The monoisotopic (exact) mass is 2120 g/mol. The number of carboxylic acid groups (broad SMARTS) is 6. The minimum Gasteiger partial charge on any atom is -0.513 e. The van der Waals surface area contributed by atoms with E-state index in [1.807, 2.05) is 0 Å². The first-order chi connectivity index (χ1) is 65.7. The molecule has 2 aromatic carbocycles. The molecule has 16 bridgehead atoms. The van der Waals surface area contributed by atoms with Gasteiger partial charge in [0.15, 0.2) is 57.5 Å². The minimum absolute atomic E-state index is 0.0245. The molecule has 30 aliphatic heterocycles. The molecule has 2 aromatic rings. The van der Waals surface area contributed by atoms with Gasteiger partial charge in [-0.2, -0.15) is 82.3 Å². The lowest BCUT2D eigenvalue weighted by molar-refractivity contribution is -0.397. The number of thioether (sulfide) groups is 7. The molecule has 0 spiro atoms. The second-order valence-corrected chi connectivity index (χ2v) is 44.4. The van der Waals surface area contributed by atoms with E-state index in [1.54, 1.807) is 60.7 Å². The molecule has 0 unspecified atom stereocenters. The highest BCUT2D eigenvalue weighted by Crippen LogP contribution is 2.46. The van der Waals surface area contributed by atoms with Gasteiger partial charge in [-0.25, -0.2) is 0 Å². The van der Waals surface area contributed by atoms with Crippen LogP contribution in [0.2, 0.25) is 0 Å². The van der Waals surface area contributed by atoms with Gasteiger partial charge in [0.1, 0.15) is 159 Å². The predicted octanol–water partition coefficient (Wildman–Crippen LogP) is -4.91. The van der Waals surface area contributed by atoms with Crippen LogP contribution in [0.3, 0.4) is 0 Å². The van der Waals surface area contributed by atoms with E-state index in [9.17, 15) is 146 Å². The van der Waals surface area contributed by atoms with Crippen LogP contribution in [0.15, 0.2) is 73.0 Å². The summed E-state index contributed by atoms with van der Waals surface area (Å²) in [4.78, 5) is 71.4. The third-order valence-electron chi connectivity index (χ3n) is 23.6. The summed E-state index contributed by atoms with van der Waals surface area (Å²) in [6.45, 7) is 2.71. The molecule has 32 rings (SSSR count). The molecule has 0 aromatic heterocycles. The summed E-state index contributed by atoms with van der Waals surface area (Å²) in [7, 11) is -3.85. The molecular weight excluding hydrogens is 2000 g/mol. The summed E-state index contributed by atoms with van der Waals surface area (Å²) in [5, 5.41) is 267. The number of allylic oxidation sites excluding steroid dienone is 1. The molecule has 0 amide bonds. The first kappa shape index (κ1) is 114. The van der Waals surface area contributed by atoms with Crippen molar-refractivity contribution in [3.63, 3.8) is 0 Å². The van der Waals surface area contributed by atoms with Crippen LogP contribution in [0.5, 0.6) is 0 Å². The van der Waals surface area contributed by atoms with Crippen LogP contribution in [0.4, 0.5) is 0 Å². The highest BCUT2D eigenvalue weighted by molar-refractivity contribution is 8.00. The summed E-state index contributed by atoms with van der Waals surface area (Å²) in [6, 6.07) is 16.2. The van der Waals surface area contributed by atoms with Crippen molar-refractivity contribution >= 4 is 136 Å². The number of aliphatic hydroxyl groups excluding tert-OH is 17. The van der Waals surface area contributed by atoms with Gasteiger partial charge in [0.2, 0.25) is 0 Å². The summed E-state index contributed by atoms with van der Waals surface area (Å²) in [5.41, 5.74) is 0. The van der Waals surface area contributed by atoms with Crippen molar-refractivity contribution < 1.29 is 231 Å². The Morgan fingerprint density at radius 3 is 0.594 bits per heavy atom. The summed E-state index contributed by atoms with van der Waals surface area (Å²) in [6.07, 6.45) is -86.1. The molecule has 23 N–H and O–H groups in total. The molecule has 47 nitrogen and oxygen atoms in total.